The second-order valence-corrected chi connectivity index (χ2v) is 6.50. The fraction of sp³-hybridized carbons (Fsp3) is 0.429. The molecule has 6 nitrogen and oxygen atoms in total. The molecule has 164 valence electrons. The summed E-state index contributed by atoms with van der Waals surface area (Å²) in [5.74, 6) is -1.63. The molecule has 30 heavy (non-hydrogen) atoms. The maximum absolute atomic E-state index is 14.1. The van der Waals surface area contributed by atoms with Gasteiger partial charge in [0.1, 0.15) is 5.75 Å². The van der Waals surface area contributed by atoms with Crippen LogP contribution in [0.3, 0.4) is 0 Å². The van der Waals surface area contributed by atoms with Crippen molar-refractivity contribution in [1.29, 1.82) is 0 Å². The molecule has 0 fully saturated rings. The Kier molecular flexibility index (Phi) is 7.66. The van der Waals surface area contributed by atoms with Crippen molar-refractivity contribution in [2.75, 3.05) is 14.2 Å². The average molecular weight is 428 g/mol. The topological polar surface area (TPSA) is 75.0 Å². The van der Waals surface area contributed by atoms with Crippen molar-refractivity contribution < 1.29 is 36.6 Å². The lowest BCUT2D eigenvalue weighted by molar-refractivity contribution is -0.278. The molecule has 2 rings (SSSR count). The van der Waals surface area contributed by atoms with Crippen LogP contribution in [0.2, 0.25) is 0 Å². The zero-order chi connectivity index (χ0) is 22.4. The molecule has 2 aromatic rings. The Balaban J connectivity index is 2.50. The monoisotopic (exact) mass is 428 g/mol. The van der Waals surface area contributed by atoms with Crippen LogP contribution in [0.4, 0.5) is 13.2 Å². The molecule has 0 aliphatic heterocycles. The van der Waals surface area contributed by atoms with E-state index in [1.54, 1.807) is 0 Å². The first-order valence-corrected chi connectivity index (χ1v) is 9.27. The van der Waals surface area contributed by atoms with Gasteiger partial charge in [0.25, 0.3) is 5.60 Å². The molecule has 0 aliphatic carbocycles. The maximum atomic E-state index is 14.1. The molecule has 0 bridgehead atoms. The summed E-state index contributed by atoms with van der Waals surface area (Å²) in [6.45, 7) is 1.86. The molecular weight excluding hydrogens is 405 g/mol. The van der Waals surface area contributed by atoms with Gasteiger partial charge in [0.05, 0.1) is 13.2 Å². The molecule has 1 heterocycles. The third kappa shape index (κ3) is 4.84. The number of benzene rings is 1. The van der Waals surface area contributed by atoms with Crippen LogP contribution in [0.5, 0.6) is 5.75 Å². The first-order chi connectivity index (χ1) is 14.2. The Morgan fingerprint density at radius 1 is 1.13 bits per heavy atom. The van der Waals surface area contributed by atoms with Gasteiger partial charge in [0.15, 0.2) is 11.9 Å². The van der Waals surface area contributed by atoms with Crippen LogP contribution in [0.15, 0.2) is 51.7 Å². The van der Waals surface area contributed by atoms with Gasteiger partial charge in [-0.2, -0.15) is 13.2 Å². The smallest absolute Gasteiger partial charge is 0.432 e. The summed E-state index contributed by atoms with van der Waals surface area (Å²) in [4.78, 5) is 24.7. The highest BCUT2D eigenvalue weighted by molar-refractivity contribution is 5.83. The quantitative estimate of drug-likeness (QED) is 0.547. The number of carbonyl (C=O) groups excluding carboxylic acids is 1. The second-order valence-electron chi connectivity index (χ2n) is 6.50. The summed E-state index contributed by atoms with van der Waals surface area (Å²) in [6, 6.07) is 8.87. The molecule has 0 N–H and O–H groups in total. The zero-order valence-corrected chi connectivity index (χ0v) is 16.8. The van der Waals surface area contributed by atoms with E-state index in [1.807, 2.05) is 6.92 Å². The predicted octanol–water partition coefficient (Wildman–Crippen LogP) is 4.53. The minimum atomic E-state index is -5.11. The Labute approximate surface area is 171 Å². The van der Waals surface area contributed by atoms with Crippen LogP contribution in [0, 0.1) is 0 Å². The van der Waals surface area contributed by atoms with Gasteiger partial charge in [-0.1, -0.05) is 43.7 Å². The van der Waals surface area contributed by atoms with E-state index in [4.69, 9.17) is 18.6 Å². The summed E-state index contributed by atoms with van der Waals surface area (Å²) in [5.41, 5.74) is -4.54. The van der Waals surface area contributed by atoms with Gasteiger partial charge in [0.2, 0.25) is 0 Å². The molecule has 0 unspecified atom stereocenters. The van der Waals surface area contributed by atoms with E-state index in [0.29, 0.717) is 12.8 Å². The fourth-order valence-corrected chi connectivity index (χ4v) is 3.00. The molecule has 0 amide bonds. The van der Waals surface area contributed by atoms with Crippen LogP contribution >= 0.6 is 0 Å². The summed E-state index contributed by atoms with van der Waals surface area (Å²) < 4.78 is 62.3. The number of rotatable bonds is 9. The van der Waals surface area contributed by atoms with Crippen LogP contribution in [0.25, 0.3) is 0 Å². The molecule has 0 radical (unpaired) electrons. The highest BCUT2D eigenvalue weighted by atomic mass is 19.4. The summed E-state index contributed by atoms with van der Waals surface area (Å²) in [7, 11) is 2.11. The van der Waals surface area contributed by atoms with Gasteiger partial charge in [-0.25, -0.2) is 9.59 Å². The molecule has 0 saturated carbocycles. The maximum Gasteiger partial charge on any atom is 0.432 e. The number of methoxy groups -OCH3 is 2. The summed E-state index contributed by atoms with van der Waals surface area (Å²) in [5, 5.41) is 0. The van der Waals surface area contributed by atoms with E-state index >= 15 is 0 Å². The van der Waals surface area contributed by atoms with Crippen molar-refractivity contribution in [2.24, 2.45) is 0 Å². The van der Waals surface area contributed by atoms with Gasteiger partial charge in [0, 0.05) is 18.7 Å². The highest BCUT2D eigenvalue weighted by Crippen LogP contribution is 2.44. The molecule has 0 saturated heterocycles. The third-order valence-electron chi connectivity index (χ3n) is 4.56. The third-order valence-corrected chi connectivity index (χ3v) is 4.56. The summed E-state index contributed by atoms with van der Waals surface area (Å²) >= 11 is 0. The van der Waals surface area contributed by atoms with E-state index in [-0.39, 0.29) is 17.9 Å². The molecule has 0 spiro atoms. The molecule has 1 aromatic heterocycles. The highest BCUT2D eigenvalue weighted by Gasteiger charge is 2.64. The fourth-order valence-electron chi connectivity index (χ4n) is 3.00. The number of alkyl halides is 3. The molecule has 9 heteroatoms. The standard InChI is InChI=1S/C21H23F3O6/c1-4-5-11-16(17-12-15(27-2)13-18(25)29-17)30-19(26)20(28-3,21(22,23)24)14-9-7-6-8-10-14/h6-10,12-13,16H,4-5,11H2,1-3H3/t16-,20+/m0/s1. The Hall–Kier alpha value is -2.81. The Morgan fingerprint density at radius 3 is 2.33 bits per heavy atom. The van der Waals surface area contributed by atoms with Crippen molar-refractivity contribution in [3.63, 3.8) is 0 Å². The van der Waals surface area contributed by atoms with Gasteiger partial charge < -0.3 is 18.6 Å². The molecular formula is C21H23F3O6. The minimum Gasteiger partial charge on any atom is -0.496 e. The molecule has 1 aromatic carbocycles. The van der Waals surface area contributed by atoms with Crippen molar-refractivity contribution in [2.45, 2.75) is 44.1 Å². The van der Waals surface area contributed by atoms with Crippen molar-refractivity contribution in [3.05, 3.63) is 64.2 Å². The lowest BCUT2D eigenvalue weighted by Gasteiger charge is -2.33. The number of unbranched alkanes of at least 4 members (excludes halogenated alkanes) is 1. The largest absolute Gasteiger partial charge is 0.496 e. The number of carbonyl (C=O) groups is 1. The Bertz CT molecular complexity index is 894. The van der Waals surface area contributed by atoms with Gasteiger partial charge >= 0.3 is 17.8 Å². The van der Waals surface area contributed by atoms with Crippen molar-refractivity contribution >= 4 is 5.97 Å². The van der Waals surface area contributed by atoms with Crippen LogP contribution in [-0.4, -0.2) is 26.4 Å². The number of ether oxygens (including phenoxy) is 3. The lowest BCUT2D eigenvalue weighted by Crippen LogP contribution is -2.52. The minimum absolute atomic E-state index is 0.110. The van der Waals surface area contributed by atoms with Crippen molar-refractivity contribution in [3.8, 4) is 5.75 Å². The van der Waals surface area contributed by atoms with Crippen LogP contribution < -0.4 is 10.4 Å². The Morgan fingerprint density at radius 2 is 1.80 bits per heavy atom. The second kappa shape index (κ2) is 9.80. The SMILES string of the molecule is CCCC[C@H](OC(=O)[C@](OC)(c1ccccc1)C(F)(F)F)c1cc(OC)cc(=O)o1. The van der Waals surface area contributed by atoms with E-state index in [1.165, 1.54) is 31.4 Å². The predicted molar refractivity (Wildman–Crippen MR) is 101 cm³/mol. The van der Waals surface area contributed by atoms with E-state index < -0.39 is 35.0 Å². The van der Waals surface area contributed by atoms with Gasteiger partial charge in [-0.3, -0.25) is 0 Å². The van der Waals surface area contributed by atoms with Crippen LogP contribution in [0.1, 0.15) is 43.6 Å². The van der Waals surface area contributed by atoms with Gasteiger partial charge in [-0.05, 0) is 12.8 Å². The first kappa shape index (κ1) is 23.5. The van der Waals surface area contributed by atoms with E-state index in [0.717, 1.165) is 25.3 Å². The number of esters is 1. The number of hydrogen-bond acceptors (Lipinski definition) is 6. The lowest BCUT2D eigenvalue weighted by atomic mass is 9.92. The number of hydrogen-bond donors (Lipinski definition) is 0. The average Bonchev–Trinajstić information content (AvgIpc) is 2.71. The first-order valence-electron chi connectivity index (χ1n) is 9.27. The van der Waals surface area contributed by atoms with Crippen molar-refractivity contribution in [1.82, 2.24) is 0 Å². The van der Waals surface area contributed by atoms with Crippen LogP contribution in [-0.2, 0) is 19.9 Å². The number of halogens is 3. The summed E-state index contributed by atoms with van der Waals surface area (Å²) in [6.07, 6.45) is -5.01. The molecule has 2 atom stereocenters. The van der Waals surface area contributed by atoms with E-state index in [2.05, 4.69) is 0 Å². The molecule has 0 aliphatic rings. The van der Waals surface area contributed by atoms with Gasteiger partial charge in [-0.15, -0.1) is 0 Å². The van der Waals surface area contributed by atoms with E-state index in [9.17, 15) is 22.8 Å². The zero-order valence-electron chi connectivity index (χ0n) is 16.8. The normalized spacial score (nSPS) is 14.6.